The Kier molecular flexibility index (Phi) is 11.7. The van der Waals surface area contributed by atoms with Crippen LogP contribution < -0.4 is 4.74 Å². The van der Waals surface area contributed by atoms with Gasteiger partial charge in [0.05, 0.1) is 30.5 Å². The lowest BCUT2D eigenvalue weighted by Crippen LogP contribution is -2.33. The highest BCUT2D eigenvalue weighted by Gasteiger charge is 2.44. The molecule has 1 saturated carbocycles. The first-order valence-electron chi connectivity index (χ1n) is 14.2. The highest BCUT2D eigenvalue weighted by atomic mass is 19.4. The largest absolute Gasteiger partial charge is 0.491 e. The molecular formula is C29H41F3O8. The lowest BCUT2D eigenvalue weighted by Gasteiger charge is -2.30. The van der Waals surface area contributed by atoms with Gasteiger partial charge in [0.25, 0.3) is 0 Å². The van der Waals surface area contributed by atoms with Crippen molar-refractivity contribution in [3.8, 4) is 5.75 Å². The van der Waals surface area contributed by atoms with Crippen LogP contribution in [0, 0.1) is 11.8 Å². The molecule has 0 aromatic heterocycles. The molecule has 8 atom stereocenters. The molecule has 11 heteroatoms. The predicted octanol–water partition coefficient (Wildman–Crippen LogP) is 4.20. The Bertz CT molecular complexity index is 917. The third-order valence-corrected chi connectivity index (χ3v) is 7.70. The third-order valence-electron chi connectivity index (χ3n) is 7.70. The fourth-order valence-corrected chi connectivity index (χ4v) is 5.58. The smallest absolute Gasteiger partial charge is 0.416 e. The minimum atomic E-state index is -4.49. The second-order valence-electron chi connectivity index (χ2n) is 10.8. The van der Waals surface area contributed by atoms with Crippen LogP contribution in [0.4, 0.5) is 13.2 Å². The van der Waals surface area contributed by atoms with Crippen molar-refractivity contribution in [3.05, 3.63) is 42.0 Å². The maximum Gasteiger partial charge on any atom is 0.416 e. The maximum atomic E-state index is 13.2. The molecule has 1 aliphatic carbocycles. The second kappa shape index (κ2) is 14.9. The lowest BCUT2D eigenvalue weighted by molar-refractivity contribution is -0.193. The molecular weight excluding hydrogens is 533 g/mol. The molecule has 4 rings (SSSR count). The molecule has 0 spiro atoms. The lowest BCUT2D eigenvalue weighted by atomic mass is 9.88. The Morgan fingerprint density at radius 2 is 1.77 bits per heavy atom. The number of rotatable bonds is 12. The van der Waals surface area contributed by atoms with Crippen LogP contribution in [-0.2, 0) is 25.1 Å². The Balaban J connectivity index is 1.50. The number of hydrogen-bond donors (Lipinski definition) is 3. The van der Waals surface area contributed by atoms with Gasteiger partial charge >= 0.3 is 6.18 Å². The molecule has 2 aliphatic heterocycles. The SMILES string of the molecule is OCC(O)C[C@@H]1[C@@H](/C=C/[C@H](COc2cccc(C(F)(F)F)c2)OC2CCCCO2)[C@H](OC2CCCCO2)C[C@@H]1O. The Labute approximate surface area is 233 Å². The summed E-state index contributed by atoms with van der Waals surface area (Å²) in [6, 6.07) is 4.69. The van der Waals surface area contributed by atoms with E-state index in [0.29, 0.717) is 26.1 Å². The van der Waals surface area contributed by atoms with E-state index in [0.717, 1.165) is 44.2 Å². The van der Waals surface area contributed by atoms with Crippen LogP contribution in [0.15, 0.2) is 36.4 Å². The molecule has 2 heterocycles. The first-order valence-corrected chi connectivity index (χ1v) is 14.2. The van der Waals surface area contributed by atoms with Crippen LogP contribution in [0.1, 0.15) is 56.9 Å². The number of halogens is 3. The summed E-state index contributed by atoms with van der Waals surface area (Å²) < 4.78 is 69.1. The van der Waals surface area contributed by atoms with Crippen LogP contribution in [0.5, 0.6) is 5.75 Å². The molecule has 0 amide bonds. The highest BCUT2D eigenvalue weighted by molar-refractivity contribution is 5.30. The van der Waals surface area contributed by atoms with E-state index in [9.17, 15) is 28.5 Å². The van der Waals surface area contributed by atoms with Crippen LogP contribution in [0.2, 0.25) is 0 Å². The zero-order valence-corrected chi connectivity index (χ0v) is 22.6. The van der Waals surface area contributed by atoms with Gasteiger partial charge < -0.3 is 39.0 Å². The van der Waals surface area contributed by atoms with E-state index in [4.69, 9.17) is 23.7 Å². The molecule has 2 saturated heterocycles. The Morgan fingerprint density at radius 1 is 1.05 bits per heavy atom. The summed E-state index contributed by atoms with van der Waals surface area (Å²) in [4.78, 5) is 0. The maximum absolute atomic E-state index is 13.2. The monoisotopic (exact) mass is 574 g/mol. The summed E-state index contributed by atoms with van der Waals surface area (Å²) in [7, 11) is 0. The van der Waals surface area contributed by atoms with E-state index in [1.54, 1.807) is 6.08 Å². The second-order valence-corrected chi connectivity index (χ2v) is 10.8. The molecule has 0 radical (unpaired) electrons. The van der Waals surface area contributed by atoms with E-state index in [1.807, 2.05) is 6.08 Å². The number of alkyl halides is 3. The minimum Gasteiger partial charge on any atom is -0.491 e. The molecule has 3 unspecified atom stereocenters. The Morgan fingerprint density at radius 3 is 2.42 bits per heavy atom. The fourth-order valence-electron chi connectivity index (χ4n) is 5.58. The number of aliphatic hydroxyl groups is 3. The average Bonchev–Trinajstić information content (AvgIpc) is 3.23. The summed E-state index contributed by atoms with van der Waals surface area (Å²) >= 11 is 0. The van der Waals surface area contributed by atoms with Crippen molar-refractivity contribution in [2.45, 2.75) is 94.5 Å². The van der Waals surface area contributed by atoms with Crippen LogP contribution >= 0.6 is 0 Å². The fraction of sp³-hybridized carbons (Fsp3) is 0.724. The van der Waals surface area contributed by atoms with Gasteiger partial charge in [-0.3, -0.25) is 0 Å². The number of aliphatic hydroxyl groups excluding tert-OH is 3. The topological polar surface area (TPSA) is 107 Å². The summed E-state index contributed by atoms with van der Waals surface area (Å²) in [5, 5.41) is 30.4. The summed E-state index contributed by atoms with van der Waals surface area (Å²) in [5.41, 5.74) is -0.802. The van der Waals surface area contributed by atoms with E-state index in [2.05, 4.69) is 0 Å². The van der Waals surface area contributed by atoms with Gasteiger partial charge in [0, 0.05) is 25.6 Å². The van der Waals surface area contributed by atoms with Gasteiger partial charge in [-0.15, -0.1) is 0 Å². The normalized spacial score (nSPS) is 31.4. The molecule has 1 aromatic rings. The van der Waals surface area contributed by atoms with E-state index < -0.39 is 42.9 Å². The third kappa shape index (κ3) is 9.14. The van der Waals surface area contributed by atoms with Crippen molar-refractivity contribution in [2.75, 3.05) is 26.4 Å². The average molecular weight is 575 g/mol. The Hall–Kier alpha value is -1.73. The minimum absolute atomic E-state index is 0.0614. The van der Waals surface area contributed by atoms with Crippen molar-refractivity contribution in [2.24, 2.45) is 11.8 Å². The van der Waals surface area contributed by atoms with Gasteiger partial charge in [0.15, 0.2) is 12.6 Å². The molecule has 226 valence electrons. The molecule has 3 N–H and O–H groups in total. The number of benzene rings is 1. The molecule has 0 bridgehead atoms. The van der Waals surface area contributed by atoms with Gasteiger partial charge in [-0.1, -0.05) is 18.2 Å². The number of hydrogen-bond acceptors (Lipinski definition) is 8. The van der Waals surface area contributed by atoms with Gasteiger partial charge in [-0.05, 0) is 69.1 Å². The zero-order valence-electron chi connectivity index (χ0n) is 22.6. The predicted molar refractivity (Wildman–Crippen MR) is 138 cm³/mol. The molecule has 1 aromatic carbocycles. The van der Waals surface area contributed by atoms with Gasteiger partial charge in [0.1, 0.15) is 18.5 Å². The first kappa shape index (κ1) is 31.2. The molecule has 3 aliphatic rings. The van der Waals surface area contributed by atoms with E-state index in [-0.39, 0.29) is 43.0 Å². The quantitative estimate of drug-likeness (QED) is 0.319. The number of ether oxygens (including phenoxy) is 5. The standard InChI is InChI=1S/C29H41F3O8/c30-29(31,32)19-6-5-7-21(14-19)38-18-22(39-27-8-1-3-12-36-27)10-11-23-24(15-20(34)17-33)25(35)16-26(23)40-28-9-2-4-13-37-28/h5-7,10-11,14,20,22-28,33-35H,1-4,8-9,12-13,15-18H2/b11-10+/t20?,22-,23-,24-,25+,26-,27?,28?/m1/s1. The van der Waals surface area contributed by atoms with Crippen molar-refractivity contribution in [3.63, 3.8) is 0 Å². The van der Waals surface area contributed by atoms with Crippen molar-refractivity contribution >= 4 is 0 Å². The van der Waals surface area contributed by atoms with Gasteiger partial charge in [-0.25, -0.2) is 0 Å². The summed E-state index contributed by atoms with van der Waals surface area (Å²) in [6.07, 6.45) is 1.26. The molecule has 3 fully saturated rings. The van der Waals surface area contributed by atoms with Crippen LogP contribution in [0.3, 0.4) is 0 Å². The molecule has 40 heavy (non-hydrogen) atoms. The zero-order chi connectivity index (χ0) is 28.5. The highest BCUT2D eigenvalue weighted by Crippen LogP contribution is 2.40. The molecule has 8 nitrogen and oxygen atoms in total. The van der Waals surface area contributed by atoms with Gasteiger partial charge in [0.2, 0.25) is 0 Å². The van der Waals surface area contributed by atoms with Crippen LogP contribution in [-0.4, -0.2) is 78.7 Å². The van der Waals surface area contributed by atoms with Crippen molar-refractivity contribution in [1.29, 1.82) is 0 Å². The summed E-state index contributed by atoms with van der Waals surface area (Å²) in [5.74, 6) is -0.645. The summed E-state index contributed by atoms with van der Waals surface area (Å²) in [6.45, 7) is 0.681. The van der Waals surface area contributed by atoms with E-state index in [1.165, 1.54) is 12.1 Å². The van der Waals surface area contributed by atoms with Crippen LogP contribution in [0.25, 0.3) is 0 Å². The van der Waals surface area contributed by atoms with Crippen molar-refractivity contribution < 1.29 is 52.2 Å². The first-order chi connectivity index (χ1) is 19.2. The van der Waals surface area contributed by atoms with Crippen molar-refractivity contribution in [1.82, 2.24) is 0 Å². The van der Waals surface area contributed by atoms with E-state index >= 15 is 0 Å². The van der Waals surface area contributed by atoms with Gasteiger partial charge in [-0.2, -0.15) is 13.2 Å².